The molecule has 0 radical (unpaired) electrons. The largest absolute Gasteiger partial charge is 0.352 e. The van der Waals surface area contributed by atoms with Crippen molar-refractivity contribution in [1.82, 2.24) is 5.32 Å². The molecule has 1 aromatic rings. The van der Waals surface area contributed by atoms with E-state index in [0.717, 1.165) is 12.1 Å². The lowest BCUT2D eigenvalue weighted by Crippen LogP contribution is -2.32. The molecule has 0 aliphatic heterocycles. The first kappa shape index (κ1) is 14.1. The Hall–Kier alpha value is -1.98. The van der Waals surface area contributed by atoms with Gasteiger partial charge in [0.25, 0.3) is 5.91 Å². The van der Waals surface area contributed by atoms with Gasteiger partial charge in [-0.25, -0.2) is 0 Å². The summed E-state index contributed by atoms with van der Waals surface area (Å²) in [5.74, 6) is -1.46. The minimum Gasteiger partial charge on any atom is -0.352 e. The third-order valence-corrected chi connectivity index (χ3v) is 2.19. The summed E-state index contributed by atoms with van der Waals surface area (Å²) in [6.07, 6.45) is 0. The second-order valence-electron chi connectivity index (χ2n) is 5.17. The van der Waals surface area contributed by atoms with Crippen LogP contribution in [-0.4, -0.2) is 17.4 Å². The van der Waals surface area contributed by atoms with Crippen LogP contribution in [0.15, 0.2) is 18.2 Å². The van der Waals surface area contributed by atoms with Gasteiger partial charge in [0.2, 0.25) is 5.82 Å². The lowest BCUT2D eigenvalue weighted by molar-refractivity contribution is -0.387. The number of halogens is 1. The molecule has 0 atom stereocenters. The zero-order valence-electron chi connectivity index (χ0n) is 10.5. The molecule has 0 spiro atoms. The smallest absolute Gasteiger partial charge is 0.304 e. The van der Waals surface area contributed by atoms with Gasteiger partial charge in [0, 0.05) is 18.2 Å². The van der Waals surface area contributed by atoms with Gasteiger partial charge in [0.05, 0.1) is 4.92 Å². The molecule has 1 aromatic carbocycles. The van der Waals surface area contributed by atoms with Crippen LogP contribution in [0.1, 0.15) is 31.1 Å². The van der Waals surface area contributed by atoms with Gasteiger partial charge >= 0.3 is 5.69 Å². The first-order valence-electron chi connectivity index (χ1n) is 5.43. The van der Waals surface area contributed by atoms with Crippen LogP contribution in [-0.2, 0) is 0 Å². The molecule has 18 heavy (non-hydrogen) atoms. The van der Waals surface area contributed by atoms with Gasteiger partial charge in [-0.05, 0) is 17.5 Å². The Balaban J connectivity index is 2.82. The fraction of sp³-hybridized carbons (Fsp3) is 0.417. The molecule has 0 unspecified atom stereocenters. The minimum absolute atomic E-state index is 0.0716. The van der Waals surface area contributed by atoms with E-state index in [1.54, 1.807) is 0 Å². The molecule has 0 saturated carbocycles. The molecule has 1 amide bonds. The molecule has 5 nitrogen and oxygen atoms in total. The van der Waals surface area contributed by atoms with Crippen molar-refractivity contribution in [2.24, 2.45) is 5.41 Å². The zero-order valence-corrected chi connectivity index (χ0v) is 10.5. The van der Waals surface area contributed by atoms with E-state index in [9.17, 15) is 19.3 Å². The van der Waals surface area contributed by atoms with Crippen LogP contribution >= 0.6 is 0 Å². The number of amides is 1. The van der Waals surface area contributed by atoms with Crippen LogP contribution in [0.4, 0.5) is 10.1 Å². The van der Waals surface area contributed by atoms with E-state index in [-0.39, 0.29) is 11.0 Å². The predicted molar refractivity (Wildman–Crippen MR) is 64.8 cm³/mol. The van der Waals surface area contributed by atoms with Crippen LogP contribution in [0.3, 0.4) is 0 Å². The topological polar surface area (TPSA) is 72.2 Å². The molecule has 0 aliphatic rings. The van der Waals surface area contributed by atoms with Crippen molar-refractivity contribution in [3.05, 3.63) is 39.7 Å². The van der Waals surface area contributed by atoms with Crippen molar-refractivity contribution < 1.29 is 14.1 Å². The zero-order chi connectivity index (χ0) is 13.9. The summed E-state index contributed by atoms with van der Waals surface area (Å²) >= 11 is 0. The van der Waals surface area contributed by atoms with Crippen molar-refractivity contribution >= 4 is 11.6 Å². The third kappa shape index (κ3) is 3.80. The summed E-state index contributed by atoms with van der Waals surface area (Å²) in [5.41, 5.74) is -0.653. The Morgan fingerprint density at radius 1 is 1.44 bits per heavy atom. The molecule has 0 saturated heterocycles. The van der Waals surface area contributed by atoms with Gasteiger partial charge in [0.15, 0.2) is 0 Å². The van der Waals surface area contributed by atoms with Gasteiger partial charge in [-0.2, -0.15) is 4.39 Å². The fourth-order valence-corrected chi connectivity index (χ4v) is 1.24. The molecule has 0 aliphatic carbocycles. The molecule has 1 N–H and O–H groups in total. The van der Waals surface area contributed by atoms with Crippen LogP contribution in [0.25, 0.3) is 0 Å². The first-order chi connectivity index (χ1) is 8.20. The first-order valence-corrected chi connectivity index (χ1v) is 5.43. The molecule has 0 aromatic heterocycles. The van der Waals surface area contributed by atoms with Crippen LogP contribution in [0.5, 0.6) is 0 Å². The molecule has 1 rings (SSSR count). The van der Waals surface area contributed by atoms with Crippen LogP contribution in [0.2, 0.25) is 0 Å². The summed E-state index contributed by atoms with van der Waals surface area (Å²) in [6.45, 7) is 6.28. The second-order valence-corrected chi connectivity index (χ2v) is 5.17. The number of carbonyl (C=O) groups is 1. The number of nitro groups is 1. The fourth-order valence-electron chi connectivity index (χ4n) is 1.24. The summed E-state index contributed by atoms with van der Waals surface area (Å²) in [7, 11) is 0. The molecule has 0 bridgehead atoms. The molecule has 98 valence electrons. The Morgan fingerprint density at radius 2 is 2.06 bits per heavy atom. The lowest BCUT2D eigenvalue weighted by Gasteiger charge is -2.18. The summed E-state index contributed by atoms with van der Waals surface area (Å²) < 4.78 is 13.3. The normalized spacial score (nSPS) is 11.1. The Kier molecular flexibility index (Phi) is 4.00. The number of nitro benzene ring substituents is 1. The van der Waals surface area contributed by atoms with E-state index in [2.05, 4.69) is 5.32 Å². The highest BCUT2D eigenvalue weighted by molar-refractivity contribution is 5.94. The number of benzene rings is 1. The summed E-state index contributed by atoms with van der Waals surface area (Å²) in [6, 6.07) is 3.09. The number of rotatable bonds is 3. The maximum atomic E-state index is 13.3. The number of nitrogens with one attached hydrogen (secondary N) is 1. The molecular weight excluding hydrogens is 239 g/mol. The van der Waals surface area contributed by atoms with Crippen molar-refractivity contribution in [3.8, 4) is 0 Å². The third-order valence-electron chi connectivity index (χ3n) is 2.19. The van der Waals surface area contributed by atoms with Gasteiger partial charge in [-0.1, -0.05) is 20.8 Å². The van der Waals surface area contributed by atoms with Gasteiger partial charge in [0.1, 0.15) is 0 Å². The Morgan fingerprint density at radius 3 is 2.50 bits per heavy atom. The number of nitrogens with zero attached hydrogens (tertiary/aromatic N) is 1. The van der Waals surface area contributed by atoms with E-state index in [4.69, 9.17) is 0 Å². The van der Waals surface area contributed by atoms with Crippen molar-refractivity contribution in [3.63, 3.8) is 0 Å². The van der Waals surface area contributed by atoms with Crippen molar-refractivity contribution in [1.29, 1.82) is 0 Å². The predicted octanol–water partition coefficient (Wildman–Crippen LogP) is 2.51. The van der Waals surface area contributed by atoms with E-state index in [0.29, 0.717) is 6.54 Å². The maximum Gasteiger partial charge on any atom is 0.304 e. The number of hydrogen-bond acceptors (Lipinski definition) is 3. The average molecular weight is 254 g/mol. The van der Waals surface area contributed by atoms with Crippen LogP contribution in [0, 0.1) is 21.3 Å². The summed E-state index contributed by atoms with van der Waals surface area (Å²) in [4.78, 5) is 21.3. The SMILES string of the molecule is CC(C)(C)CNC(=O)c1ccc([N+](=O)[O-])c(F)c1. The van der Waals surface area contributed by atoms with Gasteiger partial charge in [-0.15, -0.1) is 0 Å². The monoisotopic (exact) mass is 254 g/mol. The van der Waals surface area contributed by atoms with E-state index < -0.39 is 22.3 Å². The number of carbonyl (C=O) groups excluding carboxylic acids is 1. The molecule has 0 fully saturated rings. The highest BCUT2D eigenvalue weighted by atomic mass is 19.1. The molecular formula is C12H15FN2O3. The second kappa shape index (κ2) is 5.12. The van der Waals surface area contributed by atoms with Crippen LogP contribution < -0.4 is 5.32 Å². The van der Waals surface area contributed by atoms with Gasteiger partial charge < -0.3 is 5.32 Å². The van der Waals surface area contributed by atoms with Crippen molar-refractivity contribution in [2.75, 3.05) is 6.54 Å². The highest BCUT2D eigenvalue weighted by Gasteiger charge is 2.18. The minimum atomic E-state index is -1.01. The van der Waals surface area contributed by atoms with E-state index in [1.807, 2.05) is 20.8 Å². The quantitative estimate of drug-likeness (QED) is 0.665. The van der Waals surface area contributed by atoms with Gasteiger partial charge in [-0.3, -0.25) is 14.9 Å². The standard InChI is InChI=1S/C12H15FN2O3/c1-12(2,3)7-14-11(16)8-4-5-10(15(17)18)9(13)6-8/h4-6H,7H2,1-3H3,(H,14,16). The van der Waals surface area contributed by atoms with E-state index in [1.165, 1.54) is 6.07 Å². The van der Waals surface area contributed by atoms with E-state index >= 15 is 0 Å². The Labute approximate surface area is 104 Å². The molecule has 0 heterocycles. The average Bonchev–Trinajstić information content (AvgIpc) is 2.24. The highest BCUT2D eigenvalue weighted by Crippen LogP contribution is 2.18. The Bertz CT molecular complexity index is 481. The lowest BCUT2D eigenvalue weighted by atomic mass is 9.97. The maximum absolute atomic E-state index is 13.3. The molecule has 6 heteroatoms. The van der Waals surface area contributed by atoms with Crippen molar-refractivity contribution in [2.45, 2.75) is 20.8 Å². The summed E-state index contributed by atoms with van der Waals surface area (Å²) in [5, 5.41) is 13.1. The number of hydrogen-bond donors (Lipinski definition) is 1.